The van der Waals surface area contributed by atoms with Gasteiger partial charge in [0.15, 0.2) is 0 Å². The van der Waals surface area contributed by atoms with Crippen LogP contribution in [0.1, 0.15) is 18.9 Å². The third kappa shape index (κ3) is 2.03. The van der Waals surface area contributed by atoms with Crippen molar-refractivity contribution in [3.05, 3.63) is 17.7 Å². The standard InChI is InChI=1S/C11H12O4/c1-7(12)15-8-5-10(13)9-3-2-4-14-11(9)6-8/h5-6,13H,2-4H2,1H3. The predicted molar refractivity (Wildman–Crippen MR) is 53.2 cm³/mol. The Hall–Kier alpha value is -1.71. The molecule has 1 aliphatic rings. The molecule has 0 radical (unpaired) electrons. The van der Waals surface area contributed by atoms with Gasteiger partial charge in [0.25, 0.3) is 0 Å². The van der Waals surface area contributed by atoms with Gasteiger partial charge in [-0.15, -0.1) is 0 Å². The average molecular weight is 208 g/mol. The number of carbonyl (C=O) groups is 1. The van der Waals surface area contributed by atoms with Gasteiger partial charge in [-0.1, -0.05) is 0 Å². The minimum atomic E-state index is -0.412. The van der Waals surface area contributed by atoms with Crippen molar-refractivity contribution in [1.82, 2.24) is 0 Å². The molecular formula is C11H12O4. The van der Waals surface area contributed by atoms with E-state index in [-0.39, 0.29) is 5.75 Å². The highest BCUT2D eigenvalue weighted by Gasteiger charge is 2.16. The third-order valence-electron chi connectivity index (χ3n) is 2.25. The Balaban J connectivity index is 2.36. The zero-order valence-electron chi connectivity index (χ0n) is 8.45. The van der Waals surface area contributed by atoms with Crippen LogP contribution in [0.4, 0.5) is 0 Å². The summed E-state index contributed by atoms with van der Waals surface area (Å²) >= 11 is 0. The van der Waals surface area contributed by atoms with E-state index in [0.717, 1.165) is 18.4 Å². The lowest BCUT2D eigenvalue weighted by molar-refractivity contribution is -0.131. The number of aromatic hydroxyl groups is 1. The van der Waals surface area contributed by atoms with Crippen LogP contribution in [0.3, 0.4) is 0 Å². The van der Waals surface area contributed by atoms with Crippen LogP contribution in [-0.2, 0) is 11.2 Å². The largest absolute Gasteiger partial charge is 0.507 e. The molecule has 0 aromatic heterocycles. The number of phenols is 1. The van der Waals surface area contributed by atoms with Crippen molar-refractivity contribution < 1.29 is 19.4 Å². The topological polar surface area (TPSA) is 55.8 Å². The summed E-state index contributed by atoms with van der Waals surface area (Å²) in [6, 6.07) is 3.07. The summed E-state index contributed by atoms with van der Waals surface area (Å²) in [5.41, 5.74) is 0.789. The van der Waals surface area contributed by atoms with E-state index in [1.165, 1.54) is 13.0 Å². The quantitative estimate of drug-likeness (QED) is 0.563. The van der Waals surface area contributed by atoms with Crippen LogP contribution in [0.25, 0.3) is 0 Å². The molecule has 0 fully saturated rings. The number of rotatable bonds is 1. The number of carbonyl (C=O) groups excluding carboxylic acids is 1. The lowest BCUT2D eigenvalue weighted by Crippen LogP contribution is -2.09. The van der Waals surface area contributed by atoms with Crippen LogP contribution in [0.15, 0.2) is 12.1 Å². The molecule has 4 nitrogen and oxygen atoms in total. The van der Waals surface area contributed by atoms with Crippen LogP contribution >= 0.6 is 0 Å². The molecule has 0 amide bonds. The maximum absolute atomic E-state index is 10.7. The van der Waals surface area contributed by atoms with Crippen molar-refractivity contribution in [3.63, 3.8) is 0 Å². The molecule has 1 aliphatic heterocycles. The van der Waals surface area contributed by atoms with Crippen molar-refractivity contribution in [2.45, 2.75) is 19.8 Å². The number of ether oxygens (including phenoxy) is 2. The molecule has 1 aromatic carbocycles. The third-order valence-corrected chi connectivity index (χ3v) is 2.25. The summed E-state index contributed by atoms with van der Waals surface area (Å²) in [7, 11) is 0. The van der Waals surface area contributed by atoms with Crippen molar-refractivity contribution in [1.29, 1.82) is 0 Å². The van der Waals surface area contributed by atoms with Crippen LogP contribution in [0.5, 0.6) is 17.2 Å². The highest BCUT2D eigenvalue weighted by molar-refractivity contribution is 5.70. The van der Waals surface area contributed by atoms with Gasteiger partial charge in [-0.3, -0.25) is 4.79 Å². The Bertz CT molecular complexity index is 398. The molecule has 0 spiro atoms. The molecule has 1 aromatic rings. The Morgan fingerprint density at radius 1 is 1.53 bits per heavy atom. The number of hydrogen-bond donors (Lipinski definition) is 1. The van der Waals surface area contributed by atoms with Crippen molar-refractivity contribution >= 4 is 5.97 Å². The molecule has 1 heterocycles. The molecule has 2 rings (SSSR count). The average Bonchev–Trinajstić information content (AvgIpc) is 2.16. The molecular weight excluding hydrogens is 196 g/mol. The van der Waals surface area contributed by atoms with Gasteiger partial charge in [-0.2, -0.15) is 0 Å². The lowest BCUT2D eigenvalue weighted by Gasteiger charge is -2.18. The van der Waals surface area contributed by atoms with Gasteiger partial charge in [0.2, 0.25) is 0 Å². The van der Waals surface area contributed by atoms with E-state index in [9.17, 15) is 9.90 Å². The second kappa shape index (κ2) is 3.81. The highest BCUT2D eigenvalue weighted by Crippen LogP contribution is 2.36. The Morgan fingerprint density at radius 3 is 3.07 bits per heavy atom. The smallest absolute Gasteiger partial charge is 0.308 e. The van der Waals surface area contributed by atoms with Gasteiger partial charge >= 0.3 is 5.97 Å². The monoisotopic (exact) mass is 208 g/mol. The van der Waals surface area contributed by atoms with Gasteiger partial charge in [0, 0.05) is 24.6 Å². The first kappa shape index (κ1) is 9.83. The summed E-state index contributed by atoms with van der Waals surface area (Å²) in [5.74, 6) is 0.645. The maximum atomic E-state index is 10.7. The molecule has 0 unspecified atom stereocenters. The van der Waals surface area contributed by atoms with Gasteiger partial charge in [0.05, 0.1) is 6.61 Å². The lowest BCUT2D eigenvalue weighted by atomic mass is 10.1. The van der Waals surface area contributed by atoms with E-state index in [4.69, 9.17) is 9.47 Å². The Kier molecular flexibility index (Phi) is 2.49. The van der Waals surface area contributed by atoms with Gasteiger partial charge < -0.3 is 14.6 Å². The Labute approximate surface area is 87.4 Å². The zero-order chi connectivity index (χ0) is 10.8. The van der Waals surface area contributed by atoms with E-state index in [0.29, 0.717) is 18.1 Å². The fourth-order valence-corrected chi connectivity index (χ4v) is 1.64. The molecule has 0 atom stereocenters. The minimum Gasteiger partial charge on any atom is -0.507 e. The fraction of sp³-hybridized carbons (Fsp3) is 0.364. The van der Waals surface area contributed by atoms with Gasteiger partial charge in [0.1, 0.15) is 17.2 Å². The van der Waals surface area contributed by atoms with Gasteiger partial charge in [-0.05, 0) is 12.8 Å². The first-order valence-electron chi connectivity index (χ1n) is 4.84. The summed E-state index contributed by atoms with van der Waals surface area (Å²) < 4.78 is 10.3. The summed E-state index contributed by atoms with van der Waals surface area (Å²) in [6.07, 6.45) is 1.69. The second-order valence-electron chi connectivity index (χ2n) is 3.46. The number of benzene rings is 1. The van der Waals surface area contributed by atoms with E-state index < -0.39 is 5.97 Å². The molecule has 0 saturated carbocycles. The van der Waals surface area contributed by atoms with E-state index in [1.807, 2.05) is 0 Å². The van der Waals surface area contributed by atoms with E-state index in [2.05, 4.69) is 0 Å². The number of esters is 1. The van der Waals surface area contributed by atoms with Crippen LogP contribution in [0.2, 0.25) is 0 Å². The second-order valence-corrected chi connectivity index (χ2v) is 3.46. The highest BCUT2D eigenvalue weighted by atomic mass is 16.5. The maximum Gasteiger partial charge on any atom is 0.308 e. The molecule has 80 valence electrons. The van der Waals surface area contributed by atoms with Crippen molar-refractivity contribution in [2.75, 3.05) is 6.61 Å². The summed E-state index contributed by atoms with van der Waals surface area (Å²) in [6.45, 7) is 1.95. The van der Waals surface area contributed by atoms with Crippen molar-refractivity contribution in [2.24, 2.45) is 0 Å². The molecule has 15 heavy (non-hydrogen) atoms. The zero-order valence-corrected chi connectivity index (χ0v) is 8.45. The molecule has 4 heteroatoms. The number of fused-ring (bicyclic) bond motifs is 1. The predicted octanol–water partition coefficient (Wildman–Crippen LogP) is 1.64. The molecule has 0 saturated heterocycles. The Morgan fingerprint density at radius 2 is 2.33 bits per heavy atom. The number of phenolic OH excluding ortho intramolecular Hbond substituents is 1. The van der Waals surface area contributed by atoms with Crippen LogP contribution in [0, 0.1) is 0 Å². The SMILES string of the molecule is CC(=O)Oc1cc(O)c2c(c1)OCCC2. The minimum absolute atomic E-state index is 0.128. The first-order valence-corrected chi connectivity index (χ1v) is 4.84. The molecule has 0 bridgehead atoms. The van der Waals surface area contributed by atoms with Crippen LogP contribution in [-0.4, -0.2) is 17.7 Å². The number of hydrogen-bond acceptors (Lipinski definition) is 4. The summed E-state index contributed by atoms with van der Waals surface area (Å²) in [5, 5.41) is 9.68. The summed E-state index contributed by atoms with van der Waals surface area (Å²) in [4.78, 5) is 10.7. The van der Waals surface area contributed by atoms with E-state index in [1.54, 1.807) is 6.07 Å². The van der Waals surface area contributed by atoms with E-state index >= 15 is 0 Å². The normalized spacial score (nSPS) is 13.9. The fourth-order valence-electron chi connectivity index (χ4n) is 1.64. The molecule has 0 aliphatic carbocycles. The van der Waals surface area contributed by atoms with Gasteiger partial charge in [-0.25, -0.2) is 0 Å². The van der Waals surface area contributed by atoms with Crippen molar-refractivity contribution in [3.8, 4) is 17.2 Å². The van der Waals surface area contributed by atoms with Crippen LogP contribution < -0.4 is 9.47 Å². The first-order chi connectivity index (χ1) is 7.16. The molecule has 1 N–H and O–H groups in total.